The van der Waals surface area contributed by atoms with E-state index < -0.39 is 84.6 Å². The minimum atomic E-state index is -5.58. The van der Waals surface area contributed by atoms with Crippen molar-refractivity contribution >= 4 is 80.7 Å². The van der Waals surface area contributed by atoms with Gasteiger partial charge in [0.2, 0.25) is 16.9 Å². The average molecular weight is 906 g/mol. The van der Waals surface area contributed by atoms with Crippen LogP contribution in [0.1, 0.15) is 36.9 Å². The van der Waals surface area contributed by atoms with Gasteiger partial charge in [-0.25, -0.2) is 28.6 Å². The predicted molar refractivity (Wildman–Crippen MR) is 198 cm³/mol. The van der Waals surface area contributed by atoms with E-state index in [-0.39, 0.29) is 47.4 Å². The molecule has 3 aromatic rings. The third-order valence-corrected chi connectivity index (χ3v) is 12.1. The second-order valence-electron chi connectivity index (χ2n) is 12.7. The number of ether oxygens (including phenoxy) is 1. The van der Waals surface area contributed by atoms with Crippen LogP contribution in [0.4, 0.5) is 5.82 Å². The summed E-state index contributed by atoms with van der Waals surface area (Å²) in [5, 5.41) is 26.6. The molecule has 1 saturated heterocycles. The molecule has 0 aliphatic carbocycles. The molecule has 316 valence electrons. The molecule has 7 atom stereocenters. The maximum absolute atomic E-state index is 12.7. The number of thioether (sulfide) groups is 1. The minimum Gasteiger partial charge on any atom is -0.386 e. The molecule has 2 aromatic heterocycles. The first-order valence-corrected chi connectivity index (χ1v) is 22.2. The van der Waals surface area contributed by atoms with Crippen LogP contribution in [0.5, 0.6) is 0 Å². The van der Waals surface area contributed by atoms with Crippen LogP contribution in [-0.2, 0) is 45.9 Å². The fourth-order valence-electron chi connectivity index (χ4n) is 4.94. The monoisotopic (exact) mass is 905 g/mol. The van der Waals surface area contributed by atoms with E-state index >= 15 is 0 Å². The second-order valence-corrected chi connectivity index (χ2v) is 18.5. The van der Waals surface area contributed by atoms with Crippen molar-refractivity contribution in [3.05, 3.63) is 47.5 Å². The highest BCUT2D eigenvalue weighted by atomic mass is 35.5. The number of aromatic nitrogens is 4. The summed E-state index contributed by atoms with van der Waals surface area (Å²) in [6.45, 7) is 0.387. The number of nitrogens with zero attached hydrogens (tertiary/aromatic N) is 4. The normalized spacial score (nSPS) is 21.4. The van der Waals surface area contributed by atoms with E-state index in [2.05, 4.69) is 34.4 Å². The molecule has 3 heterocycles. The Kier molecular flexibility index (Phi) is 15.9. The number of halogens is 1. The van der Waals surface area contributed by atoms with E-state index in [0.717, 1.165) is 29.0 Å². The van der Waals surface area contributed by atoms with Crippen molar-refractivity contribution < 1.29 is 80.5 Å². The number of fused-ring (bicyclic) bond motifs is 1. The molecular weight excluding hydrogens is 867 g/mol. The quantitative estimate of drug-likeness (QED) is 0.0554. The van der Waals surface area contributed by atoms with Gasteiger partial charge >= 0.3 is 23.5 Å². The number of phosphoric acid groups is 3. The van der Waals surface area contributed by atoms with Crippen LogP contribution in [0.25, 0.3) is 11.2 Å². The molecular formula is C28H39ClN7O17P3S. The summed E-state index contributed by atoms with van der Waals surface area (Å²) in [5.74, 6) is -1.23. The molecule has 24 nitrogen and oxygen atoms in total. The Morgan fingerprint density at radius 1 is 1.04 bits per heavy atom. The van der Waals surface area contributed by atoms with Crippen molar-refractivity contribution in [1.82, 2.24) is 30.2 Å². The summed E-state index contributed by atoms with van der Waals surface area (Å²) in [6.07, 6.45) is -6.98. The molecule has 1 aliphatic heterocycles. The fourth-order valence-corrected chi connectivity index (χ4v) is 8.59. The molecule has 0 radical (unpaired) electrons. The van der Waals surface area contributed by atoms with Gasteiger partial charge < -0.3 is 50.9 Å². The van der Waals surface area contributed by atoms with Gasteiger partial charge in [-0.1, -0.05) is 37.2 Å². The molecule has 4 rings (SSSR count). The van der Waals surface area contributed by atoms with Crippen LogP contribution in [0, 0.1) is 5.41 Å². The number of phosphoric ester groups is 3. The smallest absolute Gasteiger partial charge is 0.386 e. The average Bonchev–Trinajstić information content (AvgIpc) is 3.68. The molecule has 0 spiro atoms. The number of amides is 2. The number of hydrogen-bond donors (Lipinski definition) is 9. The van der Waals surface area contributed by atoms with Gasteiger partial charge in [0.1, 0.15) is 36.3 Å². The first-order chi connectivity index (χ1) is 26.5. The third kappa shape index (κ3) is 13.5. The lowest BCUT2D eigenvalue weighted by atomic mass is 9.87. The number of nitrogens with one attached hydrogen (secondary N) is 2. The molecule has 1 aliphatic rings. The highest BCUT2D eigenvalue weighted by Crippen LogP contribution is 2.61. The van der Waals surface area contributed by atoms with Crippen molar-refractivity contribution in [3.63, 3.8) is 0 Å². The summed E-state index contributed by atoms with van der Waals surface area (Å²) in [5.41, 5.74) is 4.69. The lowest BCUT2D eigenvalue weighted by Gasteiger charge is -2.30. The number of carbonyl (C=O) groups is 3. The number of nitrogen functional groups attached to an aromatic ring is 1. The first kappa shape index (κ1) is 46.8. The summed E-state index contributed by atoms with van der Waals surface area (Å²) < 4.78 is 62.1. The second kappa shape index (κ2) is 19.4. The van der Waals surface area contributed by atoms with Crippen LogP contribution >= 0.6 is 46.8 Å². The highest BCUT2D eigenvalue weighted by molar-refractivity contribution is 8.14. The number of anilines is 1. The summed E-state index contributed by atoms with van der Waals surface area (Å²) >= 11 is 6.80. The number of aliphatic hydroxyl groups is 2. The highest BCUT2D eigenvalue weighted by Gasteiger charge is 2.50. The summed E-state index contributed by atoms with van der Waals surface area (Å²) in [6, 6.07) is 6.31. The number of hydrogen-bond acceptors (Lipinski definition) is 18. The Labute approximate surface area is 332 Å². The Morgan fingerprint density at radius 3 is 2.37 bits per heavy atom. The van der Waals surface area contributed by atoms with Crippen LogP contribution < -0.4 is 16.4 Å². The molecule has 1 fully saturated rings. The number of nitrogens with two attached hydrogens (primary N) is 1. The van der Waals surface area contributed by atoms with Gasteiger partial charge in [-0.05, 0) is 24.3 Å². The molecule has 0 saturated carbocycles. The zero-order valence-corrected chi connectivity index (χ0v) is 34.0. The standard InChI is InChI=1S/C28H39ClN7O17P3S/c1-28(2,22(39)25(40)32-8-7-18(37)31-9-10-57-27(41)15-3-5-16(29)6-4-15)12-50-56(47,48)53-55(45,46)49-11-17-21(52-54(42,43)44)20(38)26(51-17)36-14-35-19-23(30)33-13-34-24(19)36/h3-6,13-14,17,20-22,26,38-39H,7-12H2,1-2H3,(H,31,37)(H,32,40)(H,45,46)(H,47,48)(H2,30,33,34)(H2,42,43,44). The van der Waals surface area contributed by atoms with Gasteiger partial charge in [-0.3, -0.25) is 32.5 Å². The number of aliphatic hydroxyl groups excluding tert-OH is 2. The Bertz CT molecular complexity index is 2060. The third-order valence-electron chi connectivity index (χ3n) is 7.81. The SMILES string of the molecule is CC(C)(COP(=O)(O)OP(=O)(O)OCC1OC(n2cnc3c(N)ncnc32)C(O)C1OP(=O)(O)O)C(O)C(=O)NCCC(=O)NCCSC(=O)c1ccc(Cl)cc1. The van der Waals surface area contributed by atoms with Gasteiger partial charge in [0.15, 0.2) is 17.7 Å². The van der Waals surface area contributed by atoms with Gasteiger partial charge in [0.25, 0.3) is 0 Å². The molecule has 2 amide bonds. The van der Waals surface area contributed by atoms with Gasteiger partial charge in [0.05, 0.1) is 19.5 Å². The Morgan fingerprint density at radius 2 is 1.70 bits per heavy atom. The van der Waals surface area contributed by atoms with Gasteiger partial charge in [-0.2, -0.15) is 4.31 Å². The van der Waals surface area contributed by atoms with E-state index in [1.165, 1.54) is 13.8 Å². The first-order valence-electron chi connectivity index (χ1n) is 16.3. The maximum atomic E-state index is 12.7. The van der Waals surface area contributed by atoms with Crippen LogP contribution in [0.2, 0.25) is 5.02 Å². The van der Waals surface area contributed by atoms with Crippen molar-refractivity contribution in [2.24, 2.45) is 5.41 Å². The molecule has 1 aromatic carbocycles. The number of carbonyl (C=O) groups excluding carboxylic acids is 3. The zero-order valence-electron chi connectivity index (χ0n) is 29.8. The molecule has 0 bridgehead atoms. The van der Waals surface area contributed by atoms with E-state index in [1.54, 1.807) is 24.3 Å². The van der Waals surface area contributed by atoms with E-state index in [0.29, 0.717) is 10.6 Å². The van der Waals surface area contributed by atoms with Crippen LogP contribution in [-0.4, -0.2) is 123 Å². The van der Waals surface area contributed by atoms with Crippen molar-refractivity contribution in [1.29, 1.82) is 0 Å². The van der Waals surface area contributed by atoms with Crippen LogP contribution in [0.15, 0.2) is 36.9 Å². The summed E-state index contributed by atoms with van der Waals surface area (Å²) in [7, 11) is -16.4. The number of rotatable bonds is 20. The van der Waals surface area contributed by atoms with Crippen molar-refractivity contribution in [2.45, 2.75) is 50.9 Å². The van der Waals surface area contributed by atoms with E-state index in [4.69, 9.17) is 31.1 Å². The predicted octanol–water partition coefficient (Wildman–Crippen LogP) is 0.632. The molecule has 7 unspecified atom stereocenters. The molecule has 57 heavy (non-hydrogen) atoms. The zero-order chi connectivity index (χ0) is 42.3. The molecule has 29 heteroatoms. The molecule has 10 N–H and O–H groups in total. The minimum absolute atomic E-state index is 0.0267. The van der Waals surface area contributed by atoms with Gasteiger partial charge in [-0.15, -0.1) is 0 Å². The van der Waals surface area contributed by atoms with Gasteiger partial charge in [0, 0.05) is 41.3 Å². The van der Waals surface area contributed by atoms with Crippen molar-refractivity contribution in [2.75, 3.05) is 37.8 Å². The van der Waals surface area contributed by atoms with Crippen LogP contribution in [0.3, 0.4) is 0 Å². The van der Waals surface area contributed by atoms with Crippen molar-refractivity contribution in [3.8, 4) is 0 Å². The van der Waals surface area contributed by atoms with E-state index in [9.17, 15) is 57.9 Å². The fraction of sp³-hybridized carbons (Fsp3) is 0.500. The lowest BCUT2D eigenvalue weighted by Crippen LogP contribution is -2.46. The summed E-state index contributed by atoms with van der Waals surface area (Å²) in [4.78, 5) is 87.8. The largest absolute Gasteiger partial charge is 0.481 e. The lowest BCUT2D eigenvalue weighted by molar-refractivity contribution is -0.137. The Balaban J connectivity index is 1.23. The number of imidazole rings is 1. The van der Waals surface area contributed by atoms with E-state index in [1.807, 2.05) is 0 Å². The Hall–Kier alpha value is -2.93. The number of benzene rings is 1. The maximum Gasteiger partial charge on any atom is 0.481 e. The topological polar surface area (TPSA) is 364 Å².